The third-order valence-electron chi connectivity index (χ3n) is 6.61. The molecule has 0 saturated heterocycles. The molecule has 1 unspecified atom stereocenters. The summed E-state index contributed by atoms with van der Waals surface area (Å²) in [4.78, 5) is 13.0. The number of aryl methyl sites for hydroxylation is 3. The van der Waals surface area contributed by atoms with Gasteiger partial charge in [0, 0.05) is 29.4 Å². The van der Waals surface area contributed by atoms with Gasteiger partial charge in [-0.05, 0) is 72.9 Å². The molecule has 1 aromatic heterocycles. The largest absolute Gasteiger partial charge is 0.344 e. The fourth-order valence-corrected chi connectivity index (χ4v) is 4.88. The maximum atomic E-state index is 13.0. The molecule has 2 nitrogen and oxygen atoms in total. The molecule has 0 radical (unpaired) electrons. The molecule has 4 rings (SSSR count). The molecule has 0 bridgehead atoms. The van der Waals surface area contributed by atoms with E-state index in [1.54, 1.807) is 0 Å². The molecule has 2 heterocycles. The van der Waals surface area contributed by atoms with Crippen LogP contribution in [0.5, 0.6) is 0 Å². The molecule has 2 aromatic carbocycles. The Balaban J connectivity index is 1.76. The highest BCUT2D eigenvalue weighted by Crippen LogP contribution is 2.36. The molecule has 160 valence electrons. The Labute approximate surface area is 186 Å². The highest BCUT2D eigenvalue weighted by atomic mass is 16.1. The lowest BCUT2D eigenvalue weighted by molar-refractivity contribution is 0.532. The van der Waals surface area contributed by atoms with Gasteiger partial charge in [-0.1, -0.05) is 63.2 Å². The standard InChI is InChI=1S/C29H33NO/c1-5-10-20(3)27-19-30-21(4)15-25-16-23(6-2)24(14-13-22-11-8-7-9-12-22)17-26(25)28(30)18-29(27)31/h7-9,11-12,16-19,21H,3,5-6,10,13-15H2,1-2,4H3. The van der Waals surface area contributed by atoms with Gasteiger partial charge in [0.2, 0.25) is 0 Å². The van der Waals surface area contributed by atoms with Crippen LogP contribution in [0.25, 0.3) is 16.8 Å². The van der Waals surface area contributed by atoms with Crippen molar-refractivity contribution < 1.29 is 0 Å². The van der Waals surface area contributed by atoms with Crippen molar-refractivity contribution in [1.29, 1.82) is 0 Å². The van der Waals surface area contributed by atoms with Crippen molar-refractivity contribution in [3.63, 3.8) is 0 Å². The fourth-order valence-electron chi connectivity index (χ4n) is 4.88. The molecule has 0 fully saturated rings. The average Bonchev–Trinajstić information content (AvgIpc) is 2.78. The molecule has 3 aromatic rings. The number of rotatable bonds is 7. The minimum atomic E-state index is 0.0927. The number of hydrogen-bond acceptors (Lipinski definition) is 1. The monoisotopic (exact) mass is 411 g/mol. The lowest BCUT2D eigenvalue weighted by atomic mass is 9.86. The van der Waals surface area contributed by atoms with Crippen LogP contribution in [-0.4, -0.2) is 4.57 Å². The van der Waals surface area contributed by atoms with Gasteiger partial charge in [-0.25, -0.2) is 0 Å². The van der Waals surface area contributed by atoms with Gasteiger partial charge in [0.05, 0.1) is 5.69 Å². The molecule has 0 N–H and O–H groups in total. The van der Waals surface area contributed by atoms with Crippen molar-refractivity contribution in [3.8, 4) is 11.3 Å². The van der Waals surface area contributed by atoms with Crippen molar-refractivity contribution >= 4 is 5.57 Å². The Morgan fingerprint density at radius 2 is 1.84 bits per heavy atom. The van der Waals surface area contributed by atoms with Crippen LogP contribution in [0.15, 0.2) is 66.1 Å². The summed E-state index contributed by atoms with van der Waals surface area (Å²) in [6, 6.07) is 17.6. The van der Waals surface area contributed by atoms with E-state index in [-0.39, 0.29) is 5.43 Å². The first-order chi connectivity index (χ1) is 15.0. The normalized spacial score (nSPS) is 14.7. The lowest BCUT2D eigenvalue weighted by Crippen LogP contribution is -2.22. The van der Waals surface area contributed by atoms with Gasteiger partial charge in [-0.15, -0.1) is 0 Å². The van der Waals surface area contributed by atoms with Crippen LogP contribution in [0.1, 0.15) is 67.5 Å². The Morgan fingerprint density at radius 3 is 2.55 bits per heavy atom. The molecule has 0 aliphatic carbocycles. The van der Waals surface area contributed by atoms with Crippen molar-refractivity contribution in [3.05, 3.63) is 99.3 Å². The summed E-state index contributed by atoms with van der Waals surface area (Å²) in [5, 5.41) is 0. The second-order valence-corrected chi connectivity index (χ2v) is 8.87. The van der Waals surface area contributed by atoms with Crippen LogP contribution in [0.2, 0.25) is 0 Å². The second-order valence-electron chi connectivity index (χ2n) is 8.87. The zero-order valence-corrected chi connectivity index (χ0v) is 19.1. The molecule has 1 atom stereocenters. The molecular weight excluding hydrogens is 378 g/mol. The van der Waals surface area contributed by atoms with Crippen molar-refractivity contribution in [2.75, 3.05) is 0 Å². The van der Waals surface area contributed by atoms with Gasteiger partial charge in [-0.3, -0.25) is 4.79 Å². The Hall–Kier alpha value is -2.87. The fraction of sp³-hybridized carbons (Fsp3) is 0.345. The molecule has 0 spiro atoms. The number of allylic oxidation sites excluding steroid dienone is 1. The highest BCUT2D eigenvalue weighted by molar-refractivity contribution is 5.71. The topological polar surface area (TPSA) is 22.0 Å². The smallest absolute Gasteiger partial charge is 0.189 e. The van der Waals surface area contributed by atoms with Crippen LogP contribution in [0, 0.1) is 0 Å². The first kappa shape index (κ1) is 21.4. The van der Waals surface area contributed by atoms with E-state index in [4.69, 9.17) is 0 Å². The summed E-state index contributed by atoms with van der Waals surface area (Å²) >= 11 is 0. The number of pyridine rings is 1. The summed E-state index contributed by atoms with van der Waals surface area (Å²) in [6.07, 6.45) is 8.01. The van der Waals surface area contributed by atoms with E-state index in [1.165, 1.54) is 27.8 Å². The third-order valence-corrected chi connectivity index (χ3v) is 6.61. The Bertz CT molecular complexity index is 1150. The first-order valence-corrected chi connectivity index (χ1v) is 11.6. The van der Waals surface area contributed by atoms with Gasteiger partial charge in [-0.2, -0.15) is 0 Å². The number of hydrogen-bond donors (Lipinski definition) is 0. The predicted octanol–water partition coefficient (Wildman–Crippen LogP) is 6.79. The summed E-state index contributed by atoms with van der Waals surface area (Å²) in [5.74, 6) is 0. The second kappa shape index (κ2) is 9.09. The Morgan fingerprint density at radius 1 is 1.06 bits per heavy atom. The maximum absolute atomic E-state index is 13.0. The molecular formula is C29H33NO. The number of nitrogens with zero attached hydrogens (tertiary/aromatic N) is 1. The predicted molar refractivity (Wildman–Crippen MR) is 132 cm³/mol. The first-order valence-electron chi connectivity index (χ1n) is 11.6. The van der Waals surface area contributed by atoms with Gasteiger partial charge < -0.3 is 4.57 Å². The summed E-state index contributed by atoms with van der Waals surface area (Å²) in [5.41, 5.74) is 9.66. The number of aromatic nitrogens is 1. The SMILES string of the molecule is C=C(CCC)c1cn2c(cc1=O)-c1cc(CCc3ccccc3)c(CC)cc1CC2C. The van der Waals surface area contributed by atoms with Gasteiger partial charge >= 0.3 is 0 Å². The zero-order chi connectivity index (χ0) is 22.0. The van der Waals surface area contributed by atoms with Crippen LogP contribution in [-0.2, 0) is 25.7 Å². The van der Waals surface area contributed by atoms with E-state index in [9.17, 15) is 4.79 Å². The molecule has 1 aliphatic heterocycles. The molecule has 0 amide bonds. The molecule has 2 heteroatoms. The maximum Gasteiger partial charge on any atom is 0.189 e. The van der Waals surface area contributed by atoms with Crippen LogP contribution in [0.4, 0.5) is 0 Å². The average molecular weight is 412 g/mol. The van der Waals surface area contributed by atoms with E-state index in [0.29, 0.717) is 6.04 Å². The molecule has 1 aliphatic rings. The quantitative estimate of drug-likeness (QED) is 0.419. The lowest BCUT2D eigenvalue weighted by Gasteiger charge is -2.30. The molecule has 31 heavy (non-hydrogen) atoms. The van der Waals surface area contributed by atoms with Crippen LogP contribution in [0.3, 0.4) is 0 Å². The van der Waals surface area contributed by atoms with Gasteiger partial charge in [0.1, 0.15) is 0 Å². The van der Waals surface area contributed by atoms with Crippen LogP contribution < -0.4 is 5.43 Å². The van der Waals surface area contributed by atoms with E-state index in [0.717, 1.165) is 55.4 Å². The molecule has 0 saturated carbocycles. The third kappa shape index (κ3) is 4.30. The van der Waals surface area contributed by atoms with Gasteiger partial charge in [0.25, 0.3) is 0 Å². The number of fused-ring (bicyclic) bond motifs is 3. The summed E-state index contributed by atoms with van der Waals surface area (Å²) in [6.45, 7) is 10.8. The van der Waals surface area contributed by atoms with Crippen molar-refractivity contribution in [1.82, 2.24) is 4.57 Å². The van der Waals surface area contributed by atoms with E-state index < -0.39 is 0 Å². The van der Waals surface area contributed by atoms with Crippen molar-refractivity contribution in [2.45, 2.75) is 65.3 Å². The zero-order valence-electron chi connectivity index (χ0n) is 19.1. The van der Waals surface area contributed by atoms with E-state index in [1.807, 2.05) is 6.07 Å². The van der Waals surface area contributed by atoms with Crippen LogP contribution >= 0.6 is 0 Å². The van der Waals surface area contributed by atoms with Crippen molar-refractivity contribution in [2.24, 2.45) is 0 Å². The minimum absolute atomic E-state index is 0.0927. The highest BCUT2D eigenvalue weighted by Gasteiger charge is 2.23. The Kier molecular flexibility index (Phi) is 6.27. The van der Waals surface area contributed by atoms with E-state index >= 15 is 0 Å². The van der Waals surface area contributed by atoms with Gasteiger partial charge in [0.15, 0.2) is 5.43 Å². The van der Waals surface area contributed by atoms with E-state index in [2.05, 4.69) is 80.6 Å². The summed E-state index contributed by atoms with van der Waals surface area (Å²) < 4.78 is 2.30. The number of benzene rings is 2. The minimum Gasteiger partial charge on any atom is -0.344 e. The summed E-state index contributed by atoms with van der Waals surface area (Å²) in [7, 11) is 0.